The van der Waals surface area contributed by atoms with Gasteiger partial charge in [-0.25, -0.2) is 5.43 Å². The van der Waals surface area contributed by atoms with Gasteiger partial charge in [-0.15, -0.1) is 0 Å². The Kier molecular flexibility index (Phi) is 5.18. The predicted octanol–water partition coefficient (Wildman–Crippen LogP) is 3.85. The quantitative estimate of drug-likeness (QED) is 0.299. The van der Waals surface area contributed by atoms with Gasteiger partial charge in [-0.3, -0.25) is 14.9 Å². The number of nitrogens with zero attached hydrogens (tertiary/aromatic N) is 2. The Morgan fingerprint density at radius 3 is 2.74 bits per heavy atom. The van der Waals surface area contributed by atoms with Crippen molar-refractivity contribution in [3.63, 3.8) is 0 Å². The number of non-ortho nitro benzene ring substituents is 1. The fraction of sp³-hybridized carbons (Fsp3) is 0. The van der Waals surface area contributed by atoms with Gasteiger partial charge >= 0.3 is 0 Å². The standard InChI is InChI=1S/C18H13ClN4O4/c19-15-7-5-11(23(25)26)9-14(15)17-8-6-12(27-17)10-21-22-18(24)13-3-1-2-4-16(13)20/h1-10H,20H2,(H,22,24)/b21-10+. The number of benzene rings is 2. The molecule has 1 aromatic heterocycles. The summed E-state index contributed by atoms with van der Waals surface area (Å²) in [5, 5.41) is 15.0. The maximum absolute atomic E-state index is 12.0. The minimum atomic E-state index is -0.518. The number of nitrogens with one attached hydrogen (secondary N) is 1. The van der Waals surface area contributed by atoms with Crippen molar-refractivity contribution in [3.8, 4) is 11.3 Å². The maximum atomic E-state index is 12.0. The predicted molar refractivity (Wildman–Crippen MR) is 102 cm³/mol. The van der Waals surface area contributed by atoms with Crippen molar-refractivity contribution < 1.29 is 14.1 Å². The zero-order valence-electron chi connectivity index (χ0n) is 13.8. The van der Waals surface area contributed by atoms with Crippen LogP contribution in [0.5, 0.6) is 0 Å². The lowest BCUT2D eigenvalue weighted by Gasteiger charge is -2.02. The van der Waals surface area contributed by atoms with Gasteiger partial charge in [0.1, 0.15) is 11.5 Å². The lowest BCUT2D eigenvalue weighted by molar-refractivity contribution is -0.384. The third kappa shape index (κ3) is 4.13. The second kappa shape index (κ2) is 7.71. The highest BCUT2D eigenvalue weighted by atomic mass is 35.5. The van der Waals surface area contributed by atoms with E-state index in [-0.39, 0.29) is 5.69 Å². The minimum absolute atomic E-state index is 0.103. The molecular formula is C18H13ClN4O4. The molecule has 0 saturated carbocycles. The largest absolute Gasteiger partial charge is 0.455 e. The molecular weight excluding hydrogens is 372 g/mol. The average molecular weight is 385 g/mol. The van der Waals surface area contributed by atoms with Gasteiger partial charge in [0.05, 0.1) is 21.7 Å². The van der Waals surface area contributed by atoms with E-state index in [9.17, 15) is 14.9 Å². The second-order valence-electron chi connectivity index (χ2n) is 5.41. The van der Waals surface area contributed by atoms with Gasteiger partial charge in [0.2, 0.25) is 0 Å². The fourth-order valence-corrected chi connectivity index (χ4v) is 2.51. The first kappa shape index (κ1) is 18.2. The SMILES string of the molecule is Nc1ccccc1C(=O)N/N=C/c1ccc(-c2cc([N+](=O)[O-])ccc2Cl)o1. The van der Waals surface area contributed by atoms with Gasteiger partial charge in [0.15, 0.2) is 0 Å². The molecule has 0 radical (unpaired) electrons. The topological polar surface area (TPSA) is 124 Å². The van der Waals surface area contributed by atoms with E-state index in [1.54, 1.807) is 36.4 Å². The van der Waals surface area contributed by atoms with E-state index >= 15 is 0 Å². The molecule has 3 N–H and O–H groups in total. The highest BCUT2D eigenvalue weighted by molar-refractivity contribution is 6.33. The summed E-state index contributed by atoms with van der Waals surface area (Å²) in [7, 11) is 0. The van der Waals surface area contributed by atoms with Gasteiger partial charge in [-0.2, -0.15) is 5.10 Å². The molecule has 0 saturated heterocycles. The van der Waals surface area contributed by atoms with E-state index in [1.165, 1.54) is 24.4 Å². The number of carbonyl (C=O) groups is 1. The second-order valence-corrected chi connectivity index (χ2v) is 5.82. The number of hydrogen-bond acceptors (Lipinski definition) is 6. The van der Waals surface area contributed by atoms with Crippen molar-refractivity contribution in [3.05, 3.63) is 81.1 Å². The van der Waals surface area contributed by atoms with Crippen molar-refractivity contribution >= 4 is 35.1 Å². The number of nitro benzene ring substituents is 1. The summed E-state index contributed by atoms with van der Waals surface area (Å²) in [6.07, 6.45) is 1.30. The van der Waals surface area contributed by atoms with E-state index in [4.69, 9.17) is 21.8 Å². The lowest BCUT2D eigenvalue weighted by atomic mass is 10.1. The fourth-order valence-electron chi connectivity index (χ4n) is 2.30. The number of hydrogen-bond donors (Lipinski definition) is 2. The van der Waals surface area contributed by atoms with Gasteiger partial charge in [-0.05, 0) is 30.3 Å². The van der Waals surface area contributed by atoms with Crippen LogP contribution >= 0.6 is 11.6 Å². The Balaban J connectivity index is 1.74. The minimum Gasteiger partial charge on any atom is -0.455 e. The van der Waals surface area contributed by atoms with Crippen LogP contribution < -0.4 is 11.2 Å². The van der Waals surface area contributed by atoms with Crippen LogP contribution in [0, 0.1) is 10.1 Å². The normalized spacial score (nSPS) is 10.9. The third-order valence-corrected chi connectivity index (χ3v) is 3.95. The molecule has 0 aliphatic carbocycles. The summed E-state index contributed by atoms with van der Waals surface area (Å²) in [4.78, 5) is 22.4. The molecule has 0 aliphatic rings. The Labute approximate surface area is 158 Å². The van der Waals surface area contributed by atoms with Gasteiger partial charge in [0, 0.05) is 23.4 Å². The molecule has 3 rings (SSSR count). The smallest absolute Gasteiger partial charge is 0.273 e. The van der Waals surface area contributed by atoms with E-state index < -0.39 is 10.8 Å². The summed E-state index contributed by atoms with van der Waals surface area (Å²) in [6, 6.07) is 13.9. The molecule has 0 unspecified atom stereocenters. The van der Waals surface area contributed by atoms with Crippen LogP contribution in [0.2, 0.25) is 5.02 Å². The average Bonchev–Trinajstić information content (AvgIpc) is 3.10. The third-order valence-electron chi connectivity index (χ3n) is 3.62. The number of rotatable bonds is 5. The molecule has 0 fully saturated rings. The van der Waals surface area contributed by atoms with Gasteiger partial charge in [0.25, 0.3) is 11.6 Å². The van der Waals surface area contributed by atoms with Crippen LogP contribution in [0.3, 0.4) is 0 Å². The van der Waals surface area contributed by atoms with Crippen LogP contribution in [0.25, 0.3) is 11.3 Å². The number of nitro groups is 1. The molecule has 0 spiro atoms. The number of carbonyl (C=O) groups excluding carboxylic acids is 1. The monoisotopic (exact) mass is 384 g/mol. The van der Waals surface area contributed by atoms with Crippen molar-refractivity contribution in [2.24, 2.45) is 5.10 Å². The Morgan fingerprint density at radius 1 is 1.22 bits per heavy atom. The van der Waals surface area contributed by atoms with Gasteiger partial charge < -0.3 is 10.2 Å². The molecule has 0 bridgehead atoms. The molecule has 1 heterocycles. The number of amides is 1. The molecule has 2 aromatic carbocycles. The molecule has 3 aromatic rings. The van der Waals surface area contributed by atoms with Crippen molar-refractivity contribution in [2.75, 3.05) is 5.73 Å². The number of hydrazone groups is 1. The van der Waals surface area contributed by atoms with Crippen molar-refractivity contribution in [1.29, 1.82) is 0 Å². The molecule has 8 nitrogen and oxygen atoms in total. The van der Waals surface area contributed by atoms with Crippen molar-refractivity contribution in [2.45, 2.75) is 0 Å². The first-order chi connectivity index (χ1) is 13.0. The van der Waals surface area contributed by atoms with Crippen LogP contribution in [-0.2, 0) is 0 Å². The molecule has 9 heteroatoms. The number of nitrogens with two attached hydrogens (primary N) is 1. The van der Waals surface area contributed by atoms with E-state index in [1.807, 2.05) is 0 Å². The summed E-state index contributed by atoms with van der Waals surface area (Å²) >= 11 is 6.09. The summed E-state index contributed by atoms with van der Waals surface area (Å²) in [5.41, 5.74) is 9.00. The Bertz CT molecular complexity index is 1050. The molecule has 1 amide bonds. The number of furan rings is 1. The highest BCUT2D eigenvalue weighted by Crippen LogP contribution is 2.32. The summed E-state index contributed by atoms with van der Waals surface area (Å²) in [6.45, 7) is 0. The summed E-state index contributed by atoms with van der Waals surface area (Å²) in [5.74, 6) is 0.204. The zero-order valence-corrected chi connectivity index (χ0v) is 14.5. The molecule has 0 aliphatic heterocycles. The van der Waals surface area contributed by atoms with Crippen LogP contribution in [-0.4, -0.2) is 17.0 Å². The van der Waals surface area contributed by atoms with E-state index in [0.717, 1.165) is 0 Å². The molecule has 136 valence electrons. The molecule has 0 atom stereocenters. The van der Waals surface area contributed by atoms with E-state index in [0.29, 0.717) is 33.4 Å². The summed E-state index contributed by atoms with van der Waals surface area (Å²) < 4.78 is 5.56. The highest BCUT2D eigenvalue weighted by Gasteiger charge is 2.14. The first-order valence-electron chi connectivity index (χ1n) is 7.68. The maximum Gasteiger partial charge on any atom is 0.273 e. The molecule has 27 heavy (non-hydrogen) atoms. The number of nitrogen functional groups attached to an aromatic ring is 1. The van der Waals surface area contributed by atoms with Gasteiger partial charge in [-0.1, -0.05) is 23.7 Å². The Morgan fingerprint density at radius 2 is 2.00 bits per heavy atom. The Hall–Kier alpha value is -3.65. The van der Waals surface area contributed by atoms with Crippen LogP contribution in [0.15, 0.2) is 64.1 Å². The number of halogens is 1. The lowest BCUT2D eigenvalue weighted by Crippen LogP contribution is -2.18. The zero-order chi connectivity index (χ0) is 19.4. The number of para-hydroxylation sites is 1. The van der Waals surface area contributed by atoms with Crippen LogP contribution in [0.4, 0.5) is 11.4 Å². The first-order valence-corrected chi connectivity index (χ1v) is 8.05. The number of anilines is 1. The van der Waals surface area contributed by atoms with Crippen molar-refractivity contribution in [1.82, 2.24) is 5.43 Å². The van der Waals surface area contributed by atoms with E-state index in [2.05, 4.69) is 10.5 Å². The van der Waals surface area contributed by atoms with Crippen LogP contribution in [0.1, 0.15) is 16.1 Å².